The molecule has 0 aromatic carbocycles. The first-order valence-corrected chi connectivity index (χ1v) is 6.99. The number of carbonyl (C=O) groups is 2. The third kappa shape index (κ3) is 3.84. The second kappa shape index (κ2) is 6.17. The Morgan fingerprint density at radius 2 is 2.00 bits per heavy atom. The Labute approximate surface area is 123 Å². The molecule has 0 saturated carbocycles. The van der Waals surface area contributed by atoms with Crippen molar-refractivity contribution in [2.75, 3.05) is 39.4 Å². The molecule has 0 aliphatic carbocycles. The standard InChI is InChI=1S/C13H22N2O6/c1-9-3-14(4-10(5-16)21-9)12(19)15-7-13(2,8-15)20-6-11(17)18/h9-10,16H,3-8H2,1-2H3,(H,17,18). The van der Waals surface area contributed by atoms with Gasteiger partial charge in [-0.25, -0.2) is 9.59 Å². The molecule has 0 radical (unpaired) electrons. The van der Waals surface area contributed by atoms with Gasteiger partial charge in [0.15, 0.2) is 0 Å². The highest BCUT2D eigenvalue weighted by Crippen LogP contribution is 2.26. The summed E-state index contributed by atoms with van der Waals surface area (Å²) in [5.41, 5.74) is -0.595. The third-order valence-corrected chi connectivity index (χ3v) is 3.67. The lowest BCUT2D eigenvalue weighted by Gasteiger charge is -2.49. The molecule has 8 heteroatoms. The summed E-state index contributed by atoms with van der Waals surface area (Å²) in [4.78, 5) is 26.1. The van der Waals surface area contributed by atoms with E-state index in [1.165, 1.54) is 0 Å². The van der Waals surface area contributed by atoms with Gasteiger partial charge in [0.1, 0.15) is 12.2 Å². The van der Waals surface area contributed by atoms with E-state index in [1.807, 2.05) is 6.92 Å². The zero-order valence-electron chi connectivity index (χ0n) is 12.3. The Morgan fingerprint density at radius 1 is 1.33 bits per heavy atom. The fourth-order valence-electron chi connectivity index (χ4n) is 2.73. The predicted molar refractivity (Wildman–Crippen MR) is 72.0 cm³/mol. The van der Waals surface area contributed by atoms with Gasteiger partial charge in [0.2, 0.25) is 0 Å². The smallest absolute Gasteiger partial charge is 0.329 e. The minimum absolute atomic E-state index is 0.115. The van der Waals surface area contributed by atoms with Crippen LogP contribution in [0.2, 0.25) is 0 Å². The minimum atomic E-state index is -1.02. The highest BCUT2D eigenvalue weighted by Gasteiger charge is 2.45. The van der Waals surface area contributed by atoms with Gasteiger partial charge in [-0.15, -0.1) is 0 Å². The van der Waals surface area contributed by atoms with Crippen molar-refractivity contribution in [2.45, 2.75) is 31.7 Å². The van der Waals surface area contributed by atoms with Crippen LogP contribution >= 0.6 is 0 Å². The summed E-state index contributed by atoms with van der Waals surface area (Å²) >= 11 is 0. The molecule has 2 fully saturated rings. The number of likely N-dealkylation sites (tertiary alicyclic amines) is 1. The van der Waals surface area contributed by atoms with Crippen molar-refractivity contribution < 1.29 is 29.3 Å². The van der Waals surface area contributed by atoms with Gasteiger partial charge in [-0.3, -0.25) is 0 Å². The Bertz CT molecular complexity index is 409. The van der Waals surface area contributed by atoms with Crippen molar-refractivity contribution >= 4 is 12.0 Å². The van der Waals surface area contributed by atoms with Gasteiger partial charge in [-0.1, -0.05) is 0 Å². The Hall–Kier alpha value is -1.38. The quantitative estimate of drug-likeness (QED) is 0.717. The zero-order valence-corrected chi connectivity index (χ0v) is 12.3. The maximum absolute atomic E-state index is 12.4. The molecule has 8 nitrogen and oxygen atoms in total. The number of rotatable bonds is 4. The SMILES string of the molecule is CC1CN(C(=O)N2CC(C)(OCC(=O)O)C2)CC(CO)O1. The zero-order chi connectivity index (χ0) is 15.6. The van der Waals surface area contributed by atoms with Gasteiger partial charge in [0.25, 0.3) is 0 Å². The first-order valence-electron chi connectivity index (χ1n) is 6.99. The van der Waals surface area contributed by atoms with Crippen molar-refractivity contribution in [3.05, 3.63) is 0 Å². The number of carbonyl (C=O) groups excluding carboxylic acids is 1. The molecule has 2 N–H and O–H groups in total. The Kier molecular flexibility index (Phi) is 4.70. The number of hydrogen-bond donors (Lipinski definition) is 2. The average molecular weight is 302 g/mol. The molecular formula is C13H22N2O6. The van der Waals surface area contributed by atoms with E-state index in [0.717, 1.165) is 0 Å². The van der Waals surface area contributed by atoms with Crippen LogP contribution in [0.1, 0.15) is 13.8 Å². The van der Waals surface area contributed by atoms with Gasteiger partial charge >= 0.3 is 12.0 Å². The monoisotopic (exact) mass is 302 g/mol. The number of carboxylic acid groups (broad SMARTS) is 1. The van der Waals surface area contributed by atoms with Gasteiger partial charge in [-0.05, 0) is 13.8 Å². The molecule has 0 aromatic rings. The van der Waals surface area contributed by atoms with Crippen LogP contribution < -0.4 is 0 Å². The molecule has 0 spiro atoms. The molecule has 2 saturated heterocycles. The van der Waals surface area contributed by atoms with E-state index >= 15 is 0 Å². The summed E-state index contributed by atoms with van der Waals surface area (Å²) in [5.74, 6) is -1.02. The lowest BCUT2D eigenvalue weighted by Crippen LogP contribution is -2.67. The van der Waals surface area contributed by atoms with E-state index in [4.69, 9.17) is 14.6 Å². The Morgan fingerprint density at radius 3 is 2.57 bits per heavy atom. The van der Waals surface area contributed by atoms with Crippen LogP contribution in [0.3, 0.4) is 0 Å². The molecule has 0 aromatic heterocycles. The molecule has 2 aliphatic rings. The summed E-state index contributed by atoms with van der Waals surface area (Å²) in [7, 11) is 0. The summed E-state index contributed by atoms with van der Waals surface area (Å²) in [6, 6.07) is -0.125. The maximum atomic E-state index is 12.4. The topological polar surface area (TPSA) is 99.5 Å². The number of aliphatic hydroxyl groups excluding tert-OH is 1. The number of nitrogens with zero attached hydrogens (tertiary/aromatic N) is 2. The molecule has 2 atom stereocenters. The highest BCUT2D eigenvalue weighted by molar-refractivity contribution is 5.76. The average Bonchev–Trinajstić information content (AvgIpc) is 2.40. The fraction of sp³-hybridized carbons (Fsp3) is 0.846. The van der Waals surface area contributed by atoms with Crippen molar-refractivity contribution in [3.8, 4) is 0 Å². The van der Waals surface area contributed by atoms with E-state index in [0.29, 0.717) is 26.2 Å². The number of aliphatic hydroxyl groups is 1. The largest absolute Gasteiger partial charge is 0.480 e. The van der Waals surface area contributed by atoms with Gasteiger partial charge in [0.05, 0.1) is 38.4 Å². The Balaban J connectivity index is 1.84. The summed E-state index contributed by atoms with van der Waals surface area (Å²) in [6.07, 6.45) is -0.468. The van der Waals surface area contributed by atoms with Crippen molar-refractivity contribution in [2.24, 2.45) is 0 Å². The van der Waals surface area contributed by atoms with Crippen LogP contribution in [-0.4, -0.2) is 89.2 Å². The molecule has 2 aliphatic heterocycles. The van der Waals surface area contributed by atoms with Crippen LogP contribution in [0.25, 0.3) is 0 Å². The van der Waals surface area contributed by atoms with E-state index in [-0.39, 0.29) is 31.5 Å². The van der Waals surface area contributed by atoms with Crippen molar-refractivity contribution in [1.29, 1.82) is 0 Å². The van der Waals surface area contributed by atoms with Gasteiger partial charge in [-0.2, -0.15) is 0 Å². The lowest BCUT2D eigenvalue weighted by atomic mass is 9.97. The second-order valence-electron chi connectivity index (χ2n) is 5.93. The number of aliphatic carboxylic acids is 1. The van der Waals surface area contributed by atoms with Crippen molar-refractivity contribution in [1.82, 2.24) is 9.80 Å². The fourth-order valence-corrected chi connectivity index (χ4v) is 2.73. The van der Waals surface area contributed by atoms with Gasteiger partial charge in [0, 0.05) is 6.54 Å². The lowest BCUT2D eigenvalue weighted by molar-refractivity contribution is -0.161. The minimum Gasteiger partial charge on any atom is -0.480 e. The number of amides is 2. The highest BCUT2D eigenvalue weighted by atomic mass is 16.5. The first-order chi connectivity index (χ1) is 9.83. The molecule has 2 unspecified atom stereocenters. The number of carboxylic acids is 1. The second-order valence-corrected chi connectivity index (χ2v) is 5.93. The van der Waals surface area contributed by atoms with Crippen molar-refractivity contribution in [3.63, 3.8) is 0 Å². The number of ether oxygens (including phenoxy) is 2. The predicted octanol–water partition coefficient (Wildman–Crippen LogP) is -0.636. The molecule has 21 heavy (non-hydrogen) atoms. The number of hydrogen-bond acceptors (Lipinski definition) is 5. The number of urea groups is 1. The summed E-state index contributed by atoms with van der Waals surface area (Å²) in [6.45, 7) is 4.76. The van der Waals surface area contributed by atoms with E-state index in [1.54, 1.807) is 16.7 Å². The van der Waals surface area contributed by atoms with E-state index < -0.39 is 11.6 Å². The summed E-state index contributed by atoms with van der Waals surface area (Å²) < 4.78 is 10.8. The van der Waals surface area contributed by atoms with Crippen LogP contribution in [0.4, 0.5) is 4.79 Å². The number of morpholine rings is 1. The van der Waals surface area contributed by atoms with Crippen LogP contribution in [-0.2, 0) is 14.3 Å². The van der Waals surface area contributed by atoms with Gasteiger partial charge < -0.3 is 29.5 Å². The molecule has 120 valence electrons. The van der Waals surface area contributed by atoms with E-state index in [9.17, 15) is 14.7 Å². The molecular weight excluding hydrogens is 280 g/mol. The third-order valence-electron chi connectivity index (χ3n) is 3.67. The molecule has 2 heterocycles. The normalized spacial score (nSPS) is 28.1. The molecule has 2 amide bonds. The van der Waals surface area contributed by atoms with E-state index in [2.05, 4.69) is 0 Å². The van der Waals surface area contributed by atoms with Crippen LogP contribution in [0, 0.1) is 0 Å². The molecule has 2 rings (SSSR count). The van der Waals surface area contributed by atoms with Crippen LogP contribution in [0.5, 0.6) is 0 Å². The summed E-state index contributed by atoms with van der Waals surface area (Å²) in [5, 5.41) is 17.8. The maximum Gasteiger partial charge on any atom is 0.329 e. The molecule has 0 bridgehead atoms. The van der Waals surface area contributed by atoms with Crippen LogP contribution in [0.15, 0.2) is 0 Å². The first kappa shape index (κ1) is 16.0.